The molecule has 2 aromatic rings. The predicted octanol–water partition coefficient (Wildman–Crippen LogP) is 3.22. The van der Waals surface area contributed by atoms with E-state index in [2.05, 4.69) is 20.2 Å². The van der Waals surface area contributed by atoms with E-state index >= 15 is 0 Å². The number of nitrogens with one attached hydrogen (secondary N) is 1. The third kappa shape index (κ3) is 5.60. The first-order valence-electron chi connectivity index (χ1n) is 9.47. The summed E-state index contributed by atoms with van der Waals surface area (Å²) in [6.45, 7) is 4.23. The number of nitrogens with zero attached hydrogens (tertiary/aromatic N) is 3. The lowest BCUT2D eigenvalue weighted by atomic mass is 10.0. The van der Waals surface area contributed by atoms with Crippen molar-refractivity contribution in [3.05, 3.63) is 59.3 Å². The Bertz CT molecular complexity index is 839. The van der Waals surface area contributed by atoms with Crippen LogP contribution >= 0.6 is 0 Å². The molecule has 2 N–H and O–H groups in total. The van der Waals surface area contributed by atoms with Crippen LogP contribution < -0.4 is 5.32 Å². The molecule has 1 fully saturated rings. The van der Waals surface area contributed by atoms with Gasteiger partial charge in [0.1, 0.15) is 11.6 Å². The minimum atomic E-state index is -0.971. The van der Waals surface area contributed by atoms with Gasteiger partial charge in [0.2, 0.25) is 0 Å². The normalized spacial score (nSPS) is 18.1. The van der Waals surface area contributed by atoms with E-state index in [-0.39, 0.29) is 17.4 Å². The van der Waals surface area contributed by atoms with Crippen molar-refractivity contribution in [2.24, 2.45) is 0 Å². The van der Waals surface area contributed by atoms with Gasteiger partial charge in [0.25, 0.3) is 0 Å². The summed E-state index contributed by atoms with van der Waals surface area (Å²) < 4.78 is 13.8. The monoisotopic (exact) mass is 384 g/mol. The summed E-state index contributed by atoms with van der Waals surface area (Å²) in [6, 6.07) is 7.18. The third-order valence-electron chi connectivity index (χ3n) is 4.89. The number of carbonyl (C=O) groups is 1. The zero-order valence-corrected chi connectivity index (χ0v) is 15.9. The van der Waals surface area contributed by atoms with Gasteiger partial charge in [-0.05, 0) is 50.4 Å². The molecule has 148 valence electrons. The Morgan fingerprint density at radius 3 is 2.89 bits per heavy atom. The number of rotatable bonds is 7. The molecule has 0 saturated carbocycles. The van der Waals surface area contributed by atoms with Gasteiger partial charge < -0.3 is 15.3 Å². The van der Waals surface area contributed by atoms with Crippen LogP contribution in [-0.2, 0) is 11.2 Å². The number of piperidine rings is 1. The fraction of sp³-hybridized carbons (Fsp3) is 0.381. The first kappa shape index (κ1) is 19.9. The number of aliphatic carboxylic acids is 1. The second kappa shape index (κ2) is 9.41. The molecule has 0 bridgehead atoms. The van der Waals surface area contributed by atoms with Crippen LogP contribution in [0.2, 0.25) is 0 Å². The zero-order valence-electron chi connectivity index (χ0n) is 15.9. The minimum Gasteiger partial charge on any atom is -0.478 e. The number of anilines is 1. The van der Waals surface area contributed by atoms with Crippen molar-refractivity contribution in [2.75, 3.05) is 25.0 Å². The summed E-state index contributed by atoms with van der Waals surface area (Å²) in [4.78, 5) is 21.8. The highest BCUT2D eigenvalue weighted by Crippen LogP contribution is 2.16. The molecule has 2 heterocycles. The summed E-state index contributed by atoms with van der Waals surface area (Å²) in [5.41, 5.74) is 1.48. The van der Waals surface area contributed by atoms with Crippen LogP contribution in [0.25, 0.3) is 6.08 Å². The maximum absolute atomic E-state index is 13.8. The Labute approximate surface area is 164 Å². The third-order valence-corrected chi connectivity index (χ3v) is 4.89. The van der Waals surface area contributed by atoms with Crippen molar-refractivity contribution in [3.8, 4) is 0 Å². The molecule has 0 aliphatic carbocycles. The quantitative estimate of drug-likeness (QED) is 0.714. The van der Waals surface area contributed by atoms with Crippen molar-refractivity contribution >= 4 is 17.9 Å². The van der Waals surface area contributed by atoms with E-state index in [1.807, 2.05) is 12.1 Å². The average Bonchev–Trinajstić information content (AvgIpc) is 2.69. The van der Waals surface area contributed by atoms with Crippen molar-refractivity contribution in [3.63, 3.8) is 0 Å². The number of aromatic nitrogens is 2. The standard InChI is InChI=1S/C21H25FN4O2/c1-15(21(27)28)11-18-12-24-20(13-23-18)25-17-6-4-9-26(14-17)10-8-16-5-2-3-7-19(16)22/h2-3,5,7,11-13,17H,4,6,8-10,14H2,1H3,(H,24,25)(H,27,28)/t17-/m1/s1. The molecule has 0 radical (unpaired) electrons. The fourth-order valence-electron chi connectivity index (χ4n) is 3.34. The number of halogens is 1. The summed E-state index contributed by atoms with van der Waals surface area (Å²) in [5, 5.41) is 12.3. The molecule has 6 nitrogen and oxygen atoms in total. The number of hydrogen-bond acceptors (Lipinski definition) is 5. The van der Waals surface area contributed by atoms with E-state index in [9.17, 15) is 9.18 Å². The van der Waals surface area contributed by atoms with E-state index in [1.54, 1.807) is 18.5 Å². The molecule has 1 aromatic heterocycles. The van der Waals surface area contributed by atoms with Gasteiger partial charge in [-0.2, -0.15) is 0 Å². The van der Waals surface area contributed by atoms with Crippen molar-refractivity contribution in [1.29, 1.82) is 0 Å². The predicted molar refractivity (Wildman–Crippen MR) is 107 cm³/mol. The molecule has 1 aliphatic heterocycles. The number of likely N-dealkylation sites (tertiary alicyclic amines) is 1. The summed E-state index contributed by atoms with van der Waals surface area (Å²) in [7, 11) is 0. The minimum absolute atomic E-state index is 0.142. The molecule has 1 aromatic carbocycles. The molecule has 1 aliphatic rings. The van der Waals surface area contributed by atoms with E-state index in [0.717, 1.165) is 38.0 Å². The van der Waals surface area contributed by atoms with E-state index in [4.69, 9.17) is 5.11 Å². The van der Waals surface area contributed by atoms with Crippen LogP contribution in [0.3, 0.4) is 0 Å². The Morgan fingerprint density at radius 2 is 2.18 bits per heavy atom. The Kier molecular flexibility index (Phi) is 6.71. The van der Waals surface area contributed by atoms with Crippen molar-refractivity contribution < 1.29 is 14.3 Å². The maximum atomic E-state index is 13.8. The van der Waals surface area contributed by atoms with E-state index in [0.29, 0.717) is 17.9 Å². The van der Waals surface area contributed by atoms with E-state index in [1.165, 1.54) is 19.1 Å². The first-order valence-corrected chi connectivity index (χ1v) is 9.47. The van der Waals surface area contributed by atoms with Gasteiger partial charge in [0.15, 0.2) is 0 Å². The molecular formula is C21H25FN4O2. The average molecular weight is 384 g/mol. The lowest BCUT2D eigenvalue weighted by Gasteiger charge is -2.33. The van der Waals surface area contributed by atoms with Gasteiger partial charge in [0.05, 0.1) is 18.1 Å². The number of carboxylic acid groups (broad SMARTS) is 1. The van der Waals surface area contributed by atoms with Crippen LogP contribution in [-0.4, -0.2) is 51.6 Å². The van der Waals surface area contributed by atoms with Crippen LogP contribution in [0.5, 0.6) is 0 Å². The molecule has 1 saturated heterocycles. The largest absolute Gasteiger partial charge is 0.478 e. The SMILES string of the molecule is CC(=Cc1cnc(N[C@@H]2CCCN(CCc3ccccc3F)C2)cn1)C(=O)O. The lowest BCUT2D eigenvalue weighted by Crippen LogP contribution is -2.43. The summed E-state index contributed by atoms with van der Waals surface area (Å²) in [6.07, 6.45) is 7.48. The fourth-order valence-corrected chi connectivity index (χ4v) is 3.34. The summed E-state index contributed by atoms with van der Waals surface area (Å²) in [5.74, 6) is -0.440. The van der Waals surface area contributed by atoms with Gasteiger partial charge in [-0.3, -0.25) is 4.98 Å². The van der Waals surface area contributed by atoms with Crippen molar-refractivity contribution in [2.45, 2.75) is 32.2 Å². The molecule has 0 spiro atoms. The number of benzene rings is 1. The molecule has 3 rings (SSSR count). The van der Waals surface area contributed by atoms with Crippen LogP contribution in [0, 0.1) is 5.82 Å². The molecule has 0 amide bonds. The lowest BCUT2D eigenvalue weighted by molar-refractivity contribution is -0.132. The number of hydrogen-bond donors (Lipinski definition) is 2. The molecular weight excluding hydrogens is 359 g/mol. The second-order valence-electron chi connectivity index (χ2n) is 7.08. The first-order chi connectivity index (χ1) is 13.5. The maximum Gasteiger partial charge on any atom is 0.331 e. The van der Waals surface area contributed by atoms with E-state index < -0.39 is 5.97 Å². The van der Waals surface area contributed by atoms with Crippen LogP contribution in [0.15, 0.2) is 42.2 Å². The van der Waals surface area contributed by atoms with Gasteiger partial charge >= 0.3 is 5.97 Å². The van der Waals surface area contributed by atoms with Gasteiger partial charge in [-0.15, -0.1) is 0 Å². The van der Waals surface area contributed by atoms with Gasteiger partial charge in [-0.1, -0.05) is 18.2 Å². The van der Waals surface area contributed by atoms with Gasteiger partial charge in [-0.25, -0.2) is 14.2 Å². The Morgan fingerprint density at radius 1 is 1.36 bits per heavy atom. The molecule has 1 atom stereocenters. The Hall–Kier alpha value is -2.80. The highest BCUT2D eigenvalue weighted by molar-refractivity contribution is 5.91. The molecule has 0 unspecified atom stereocenters. The Balaban J connectivity index is 1.52. The van der Waals surface area contributed by atoms with Crippen LogP contribution in [0.1, 0.15) is 31.0 Å². The number of carboxylic acids is 1. The van der Waals surface area contributed by atoms with Crippen LogP contribution in [0.4, 0.5) is 10.2 Å². The highest BCUT2D eigenvalue weighted by Gasteiger charge is 2.20. The summed E-state index contributed by atoms with van der Waals surface area (Å²) >= 11 is 0. The topological polar surface area (TPSA) is 78.4 Å². The van der Waals surface area contributed by atoms with Crippen molar-refractivity contribution in [1.82, 2.24) is 14.9 Å². The molecule has 28 heavy (non-hydrogen) atoms. The second-order valence-corrected chi connectivity index (χ2v) is 7.08. The highest BCUT2D eigenvalue weighted by atomic mass is 19.1. The smallest absolute Gasteiger partial charge is 0.331 e. The van der Waals surface area contributed by atoms with Gasteiger partial charge in [0, 0.05) is 24.7 Å². The molecule has 7 heteroatoms. The zero-order chi connectivity index (χ0) is 19.9.